The van der Waals surface area contributed by atoms with E-state index < -0.39 is 12.2 Å². The lowest BCUT2D eigenvalue weighted by Gasteiger charge is -2.33. The smallest absolute Gasteiger partial charge is 0.438 e. The van der Waals surface area contributed by atoms with Crippen LogP contribution in [0.1, 0.15) is 56.8 Å². The summed E-state index contributed by atoms with van der Waals surface area (Å²) >= 11 is 0. The summed E-state index contributed by atoms with van der Waals surface area (Å²) in [5, 5.41) is 2.97. The summed E-state index contributed by atoms with van der Waals surface area (Å²) in [6.07, 6.45) is 6.17. The van der Waals surface area contributed by atoms with E-state index in [1.807, 2.05) is 38.1 Å². The molecule has 0 saturated carbocycles. The average Bonchev–Trinajstić information content (AvgIpc) is 2.77. The zero-order chi connectivity index (χ0) is 23.1. The third-order valence-electron chi connectivity index (χ3n) is 4.75. The van der Waals surface area contributed by atoms with E-state index >= 15 is 0 Å². The molecule has 172 valence electrons. The number of rotatable bonds is 13. The average molecular weight is 433 g/mol. The first-order valence-corrected chi connectivity index (χ1v) is 10.9. The Hall–Kier alpha value is -2.83. The van der Waals surface area contributed by atoms with Gasteiger partial charge in [-0.15, -0.1) is 0 Å². The number of nitrogens with zero attached hydrogens (tertiary/aromatic N) is 1. The minimum atomic E-state index is -0.714. The van der Waals surface area contributed by atoms with Crippen LogP contribution in [-0.2, 0) is 14.3 Å². The van der Waals surface area contributed by atoms with Crippen molar-refractivity contribution >= 4 is 18.0 Å². The second-order valence-corrected chi connectivity index (χ2v) is 7.58. The van der Waals surface area contributed by atoms with Gasteiger partial charge in [-0.05, 0) is 37.3 Å². The number of amides is 2. The molecule has 1 atom stereocenters. The zero-order valence-corrected chi connectivity index (χ0v) is 19.1. The molecule has 0 spiro atoms. The third kappa shape index (κ3) is 9.68. The second kappa shape index (κ2) is 15.0. The molecule has 7 nitrogen and oxygen atoms in total. The molecule has 0 aliphatic rings. The predicted molar refractivity (Wildman–Crippen MR) is 121 cm³/mol. The Bertz CT molecular complexity index is 703. The number of nitrogens with one attached hydrogen (secondary N) is 1. The summed E-state index contributed by atoms with van der Waals surface area (Å²) in [6.45, 7) is 7.20. The Morgan fingerprint density at radius 3 is 2.42 bits per heavy atom. The third-order valence-corrected chi connectivity index (χ3v) is 4.75. The minimum absolute atomic E-state index is 0.0140. The molecule has 0 aromatic heterocycles. The summed E-state index contributed by atoms with van der Waals surface area (Å²) in [4.78, 5) is 38.7. The normalized spacial score (nSPS) is 11.9. The van der Waals surface area contributed by atoms with E-state index in [0.29, 0.717) is 18.7 Å². The van der Waals surface area contributed by atoms with Gasteiger partial charge in [0.2, 0.25) is 5.91 Å². The van der Waals surface area contributed by atoms with E-state index in [4.69, 9.17) is 4.74 Å². The van der Waals surface area contributed by atoms with E-state index in [9.17, 15) is 14.4 Å². The van der Waals surface area contributed by atoms with Crippen molar-refractivity contribution in [3.05, 3.63) is 48.0 Å². The quantitative estimate of drug-likeness (QED) is 0.287. The van der Waals surface area contributed by atoms with Crippen LogP contribution in [0.2, 0.25) is 0 Å². The van der Waals surface area contributed by atoms with E-state index in [-0.39, 0.29) is 24.3 Å². The van der Waals surface area contributed by atoms with Gasteiger partial charge in [0.15, 0.2) is 0 Å². The number of hydrogen-bond acceptors (Lipinski definition) is 5. The molecule has 7 heteroatoms. The molecule has 0 aliphatic heterocycles. The lowest BCUT2D eigenvalue weighted by molar-refractivity contribution is -0.127. The SMILES string of the molecule is CCCCN(C(=O)c1ccccc1)C(C(=O)NCCC/C=C/COC(=O)OC)C(C)C. The molecular formula is C24H36N2O5. The summed E-state index contributed by atoms with van der Waals surface area (Å²) in [5.74, 6) is -0.260. The highest BCUT2D eigenvalue weighted by Crippen LogP contribution is 2.17. The van der Waals surface area contributed by atoms with Gasteiger partial charge < -0.3 is 19.7 Å². The molecule has 0 bridgehead atoms. The second-order valence-electron chi connectivity index (χ2n) is 7.58. The van der Waals surface area contributed by atoms with Gasteiger partial charge in [-0.3, -0.25) is 9.59 Å². The van der Waals surface area contributed by atoms with Crippen molar-refractivity contribution in [1.29, 1.82) is 0 Å². The molecule has 1 aromatic rings. The Balaban J connectivity index is 2.65. The van der Waals surface area contributed by atoms with Crippen LogP contribution in [0.15, 0.2) is 42.5 Å². The number of hydrogen-bond donors (Lipinski definition) is 1. The number of carbonyl (C=O) groups excluding carboxylic acids is 3. The van der Waals surface area contributed by atoms with Crippen LogP contribution in [0.4, 0.5) is 4.79 Å². The maximum Gasteiger partial charge on any atom is 0.508 e. The fourth-order valence-electron chi connectivity index (χ4n) is 3.14. The fraction of sp³-hybridized carbons (Fsp3) is 0.542. The Labute approximate surface area is 185 Å². The van der Waals surface area contributed by atoms with Crippen LogP contribution in [0.5, 0.6) is 0 Å². The highest BCUT2D eigenvalue weighted by Gasteiger charge is 2.32. The van der Waals surface area contributed by atoms with Gasteiger partial charge in [-0.1, -0.05) is 57.5 Å². The van der Waals surface area contributed by atoms with Crippen molar-refractivity contribution < 1.29 is 23.9 Å². The molecule has 0 saturated heterocycles. The topological polar surface area (TPSA) is 84.9 Å². The molecule has 0 heterocycles. The van der Waals surface area contributed by atoms with Crippen LogP contribution >= 0.6 is 0 Å². The summed E-state index contributed by atoms with van der Waals surface area (Å²) < 4.78 is 9.14. The van der Waals surface area contributed by atoms with Gasteiger partial charge in [0, 0.05) is 18.7 Å². The monoisotopic (exact) mass is 432 g/mol. The Kier molecular flexibility index (Phi) is 12.7. The molecule has 31 heavy (non-hydrogen) atoms. The highest BCUT2D eigenvalue weighted by molar-refractivity contribution is 5.97. The minimum Gasteiger partial charge on any atom is -0.438 e. The highest BCUT2D eigenvalue weighted by atomic mass is 16.7. The van der Waals surface area contributed by atoms with Crippen molar-refractivity contribution in [2.45, 2.75) is 52.5 Å². The lowest BCUT2D eigenvalue weighted by atomic mass is 9.99. The molecular weight excluding hydrogens is 396 g/mol. The largest absolute Gasteiger partial charge is 0.508 e. The van der Waals surface area contributed by atoms with Gasteiger partial charge in [-0.25, -0.2) is 4.79 Å². The van der Waals surface area contributed by atoms with Gasteiger partial charge in [-0.2, -0.15) is 0 Å². The van der Waals surface area contributed by atoms with Gasteiger partial charge >= 0.3 is 6.16 Å². The molecule has 1 N–H and O–H groups in total. The first-order valence-electron chi connectivity index (χ1n) is 10.9. The molecule has 1 rings (SSSR count). The summed E-state index contributed by atoms with van der Waals surface area (Å²) in [6, 6.07) is 8.58. The van der Waals surface area contributed by atoms with Crippen LogP contribution < -0.4 is 5.32 Å². The molecule has 2 amide bonds. The Morgan fingerprint density at radius 1 is 1.10 bits per heavy atom. The molecule has 0 radical (unpaired) electrons. The number of benzene rings is 1. The number of carbonyl (C=O) groups is 3. The summed E-state index contributed by atoms with van der Waals surface area (Å²) in [5.41, 5.74) is 0.594. The van der Waals surface area contributed by atoms with E-state index in [1.165, 1.54) is 7.11 Å². The molecule has 0 aliphatic carbocycles. The number of methoxy groups -OCH3 is 1. The predicted octanol–water partition coefficient (Wildman–Crippen LogP) is 4.19. The van der Waals surface area contributed by atoms with Crippen LogP contribution in [0.3, 0.4) is 0 Å². The van der Waals surface area contributed by atoms with Crippen molar-refractivity contribution in [2.75, 3.05) is 26.8 Å². The lowest BCUT2D eigenvalue weighted by Crippen LogP contribution is -2.52. The molecule has 0 fully saturated rings. The number of allylic oxidation sites excluding steroid dienone is 1. The Morgan fingerprint density at radius 2 is 1.81 bits per heavy atom. The number of unbranched alkanes of at least 4 members (excludes halogenated alkanes) is 2. The zero-order valence-electron chi connectivity index (χ0n) is 19.1. The van der Waals surface area contributed by atoms with Gasteiger partial charge in [0.1, 0.15) is 12.6 Å². The van der Waals surface area contributed by atoms with Crippen molar-refractivity contribution in [3.63, 3.8) is 0 Å². The maximum absolute atomic E-state index is 13.1. The van der Waals surface area contributed by atoms with Crippen LogP contribution in [0, 0.1) is 5.92 Å². The van der Waals surface area contributed by atoms with Gasteiger partial charge in [0.05, 0.1) is 7.11 Å². The van der Waals surface area contributed by atoms with Crippen LogP contribution in [0.25, 0.3) is 0 Å². The first kappa shape index (κ1) is 26.2. The van der Waals surface area contributed by atoms with Crippen molar-refractivity contribution in [1.82, 2.24) is 10.2 Å². The fourth-order valence-corrected chi connectivity index (χ4v) is 3.14. The number of ether oxygens (including phenoxy) is 2. The maximum atomic E-state index is 13.1. The molecule has 1 aromatic carbocycles. The van der Waals surface area contributed by atoms with E-state index in [1.54, 1.807) is 23.1 Å². The first-order chi connectivity index (χ1) is 14.9. The van der Waals surface area contributed by atoms with E-state index in [2.05, 4.69) is 17.0 Å². The summed E-state index contributed by atoms with van der Waals surface area (Å²) in [7, 11) is 1.26. The van der Waals surface area contributed by atoms with Gasteiger partial charge in [0.25, 0.3) is 5.91 Å². The van der Waals surface area contributed by atoms with E-state index in [0.717, 1.165) is 25.7 Å². The molecule has 1 unspecified atom stereocenters. The van der Waals surface area contributed by atoms with Crippen molar-refractivity contribution in [3.8, 4) is 0 Å². The standard InChI is InChI=1S/C24H36N2O5/c1-5-6-17-26(23(28)20-14-10-9-11-15-20)21(19(2)3)22(27)25-16-12-7-8-13-18-31-24(29)30-4/h8-11,13-15,19,21H,5-7,12,16-18H2,1-4H3,(H,25,27)/b13-8+. The van der Waals surface area contributed by atoms with Crippen molar-refractivity contribution in [2.24, 2.45) is 5.92 Å². The van der Waals surface area contributed by atoms with Crippen LogP contribution in [-0.4, -0.2) is 55.7 Å².